The summed E-state index contributed by atoms with van der Waals surface area (Å²) < 4.78 is 12.9. The Balaban J connectivity index is 2.17. The first-order valence-corrected chi connectivity index (χ1v) is 6.07. The Kier molecular flexibility index (Phi) is 4.32. The maximum absolute atomic E-state index is 12.9. The second-order valence-corrected chi connectivity index (χ2v) is 4.28. The molecule has 104 valence electrons. The maximum Gasteiger partial charge on any atom is 0.255 e. The second kappa shape index (κ2) is 6.16. The third-order valence-electron chi connectivity index (χ3n) is 2.89. The Hall–Kier alpha value is -2.40. The number of aliphatic hydroxyl groups excluding tert-OH is 1. The van der Waals surface area contributed by atoms with Gasteiger partial charge in [0, 0.05) is 6.07 Å². The van der Waals surface area contributed by atoms with Crippen molar-refractivity contribution in [1.29, 1.82) is 0 Å². The van der Waals surface area contributed by atoms with Crippen molar-refractivity contribution >= 4 is 5.91 Å². The average Bonchev–Trinajstić information content (AvgIpc) is 2.45. The zero-order valence-corrected chi connectivity index (χ0v) is 10.6. The third kappa shape index (κ3) is 3.13. The second-order valence-electron chi connectivity index (χ2n) is 4.28. The smallest absolute Gasteiger partial charge is 0.255 e. The molecule has 0 aliphatic rings. The topological polar surface area (TPSA) is 69.6 Å². The van der Waals surface area contributed by atoms with Crippen molar-refractivity contribution in [2.75, 3.05) is 6.61 Å². The lowest BCUT2D eigenvalue weighted by molar-refractivity contribution is 0.0913. The molecule has 0 aliphatic heterocycles. The predicted molar refractivity (Wildman–Crippen MR) is 71.8 cm³/mol. The molecule has 0 aliphatic carbocycles. The van der Waals surface area contributed by atoms with E-state index in [1.165, 1.54) is 6.07 Å². The standard InChI is InChI=1S/C15H14FNO3/c16-11-6-7-12(14(19)8-11)15(20)17-13(9-18)10-4-2-1-3-5-10/h1-8,13,18-19H,9H2,(H,17,20). The molecule has 2 aromatic rings. The lowest BCUT2D eigenvalue weighted by atomic mass is 10.1. The van der Waals surface area contributed by atoms with Crippen LogP contribution in [0.25, 0.3) is 0 Å². The number of aromatic hydroxyl groups is 1. The lowest BCUT2D eigenvalue weighted by Crippen LogP contribution is -2.30. The Morgan fingerprint density at radius 3 is 2.50 bits per heavy atom. The van der Waals surface area contributed by atoms with Crippen LogP contribution in [0, 0.1) is 5.82 Å². The molecule has 0 spiro atoms. The van der Waals surface area contributed by atoms with Crippen molar-refractivity contribution in [3.05, 3.63) is 65.5 Å². The molecule has 2 aromatic carbocycles. The van der Waals surface area contributed by atoms with E-state index in [1.54, 1.807) is 24.3 Å². The molecule has 0 fully saturated rings. The van der Waals surface area contributed by atoms with Gasteiger partial charge in [-0.2, -0.15) is 0 Å². The SMILES string of the molecule is O=C(NC(CO)c1ccccc1)c1ccc(F)cc1O. The molecule has 20 heavy (non-hydrogen) atoms. The van der Waals surface area contributed by atoms with Gasteiger partial charge in [0.2, 0.25) is 0 Å². The predicted octanol–water partition coefficient (Wildman–Crippen LogP) is 1.99. The number of nitrogens with one attached hydrogen (secondary N) is 1. The molecule has 5 heteroatoms. The van der Waals surface area contributed by atoms with Gasteiger partial charge in [-0.05, 0) is 17.7 Å². The minimum Gasteiger partial charge on any atom is -0.507 e. The molecular formula is C15H14FNO3. The van der Waals surface area contributed by atoms with Crippen LogP contribution >= 0.6 is 0 Å². The first-order valence-electron chi connectivity index (χ1n) is 6.07. The highest BCUT2D eigenvalue weighted by atomic mass is 19.1. The van der Waals surface area contributed by atoms with Gasteiger partial charge in [0.25, 0.3) is 5.91 Å². The van der Waals surface area contributed by atoms with E-state index in [9.17, 15) is 19.4 Å². The highest BCUT2D eigenvalue weighted by molar-refractivity contribution is 5.97. The number of hydrogen-bond donors (Lipinski definition) is 3. The summed E-state index contributed by atoms with van der Waals surface area (Å²) in [5, 5.41) is 21.5. The normalized spacial score (nSPS) is 11.9. The lowest BCUT2D eigenvalue weighted by Gasteiger charge is -2.17. The van der Waals surface area contributed by atoms with Crippen LogP contribution in [0.3, 0.4) is 0 Å². The average molecular weight is 275 g/mol. The highest BCUT2D eigenvalue weighted by Gasteiger charge is 2.17. The number of halogens is 1. The summed E-state index contributed by atoms with van der Waals surface area (Å²) in [5.41, 5.74) is 0.700. The van der Waals surface area contributed by atoms with E-state index in [-0.39, 0.29) is 12.2 Å². The number of benzene rings is 2. The highest BCUT2D eigenvalue weighted by Crippen LogP contribution is 2.19. The summed E-state index contributed by atoms with van der Waals surface area (Å²) in [6.45, 7) is -0.280. The van der Waals surface area contributed by atoms with Gasteiger partial charge in [0.15, 0.2) is 0 Å². The van der Waals surface area contributed by atoms with Gasteiger partial charge in [0.1, 0.15) is 11.6 Å². The third-order valence-corrected chi connectivity index (χ3v) is 2.89. The Labute approximate surface area is 115 Å². The number of phenols is 1. The van der Waals surface area contributed by atoms with E-state index < -0.39 is 23.5 Å². The van der Waals surface area contributed by atoms with Gasteiger partial charge < -0.3 is 15.5 Å². The molecule has 0 heterocycles. The molecule has 1 unspecified atom stereocenters. The molecular weight excluding hydrogens is 261 g/mol. The summed E-state index contributed by atoms with van der Waals surface area (Å²) in [5.74, 6) is -1.64. The fraction of sp³-hybridized carbons (Fsp3) is 0.133. The minimum absolute atomic E-state index is 0.0409. The van der Waals surface area contributed by atoms with Crippen molar-refractivity contribution < 1.29 is 19.4 Å². The number of rotatable bonds is 4. The molecule has 0 saturated carbocycles. The van der Waals surface area contributed by atoms with Crippen LogP contribution in [0.5, 0.6) is 5.75 Å². The monoisotopic (exact) mass is 275 g/mol. The van der Waals surface area contributed by atoms with Crippen LogP contribution in [0.15, 0.2) is 48.5 Å². The molecule has 2 rings (SSSR count). The quantitative estimate of drug-likeness (QED) is 0.799. The summed E-state index contributed by atoms with van der Waals surface area (Å²) in [4.78, 5) is 12.0. The molecule has 0 saturated heterocycles. The summed E-state index contributed by atoms with van der Waals surface area (Å²) in [7, 11) is 0. The minimum atomic E-state index is -0.624. The molecule has 0 radical (unpaired) electrons. The van der Waals surface area contributed by atoms with Crippen LogP contribution in [0.1, 0.15) is 22.0 Å². The van der Waals surface area contributed by atoms with Gasteiger partial charge in [-0.15, -0.1) is 0 Å². The van der Waals surface area contributed by atoms with Gasteiger partial charge in [-0.1, -0.05) is 30.3 Å². The van der Waals surface area contributed by atoms with E-state index in [2.05, 4.69) is 5.32 Å². The molecule has 3 N–H and O–H groups in total. The Bertz CT molecular complexity index is 601. The number of aliphatic hydroxyl groups is 1. The van der Waals surface area contributed by atoms with Gasteiger partial charge in [-0.25, -0.2) is 4.39 Å². The number of amides is 1. The Morgan fingerprint density at radius 2 is 1.90 bits per heavy atom. The van der Waals surface area contributed by atoms with Gasteiger partial charge in [0.05, 0.1) is 18.2 Å². The van der Waals surface area contributed by atoms with Crippen molar-refractivity contribution in [2.24, 2.45) is 0 Å². The number of carbonyl (C=O) groups is 1. The van der Waals surface area contributed by atoms with Crippen LogP contribution in [0.2, 0.25) is 0 Å². The first-order chi connectivity index (χ1) is 9.61. The van der Waals surface area contributed by atoms with Crippen molar-refractivity contribution in [3.63, 3.8) is 0 Å². The number of hydrogen-bond acceptors (Lipinski definition) is 3. The van der Waals surface area contributed by atoms with Gasteiger partial charge >= 0.3 is 0 Å². The molecule has 1 amide bonds. The first kappa shape index (κ1) is 14.0. The van der Waals surface area contributed by atoms with Crippen molar-refractivity contribution in [2.45, 2.75) is 6.04 Å². The number of carbonyl (C=O) groups excluding carboxylic acids is 1. The van der Waals surface area contributed by atoms with E-state index in [4.69, 9.17) is 0 Å². The maximum atomic E-state index is 12.9. The summed E-state index contributed by atoms with van der Waals surface area (Å²) in [6.07, 6.45) is 0. The van der Waals surface area contributed by atoms with Crippen LogP contribution < -0.4 is 5.32 Å². The van der Waals surface area contributed by atoms with E-state index in [1.807, 2.05) is 6.07 Å². The Morgan fingerprint density at radius 1 is 1.20 bits per heavy atom. The molecule has 0 aromatic heterocycles. The van der Waals surface area contributed by atoms with Crippen molar-refractivity contribution in [1.82, 2.24) is 5.32 Å². The van der Waals surface area contributed by atoms with E-state index in [0.29, 0.717) is 0 Å². The molecule has 4 nitrogen and oxygen atoms in total. The zero-order chi connectivity index (χ0) is 14.5. The van der Waals surface area contributed by atoms with Crippen LogP contribution in [0.4, 0.5) is 4.39 Å². The van der Waals surface area contributed by atoms with Crippen molar-refractivity contribution in [3.8, 4) is 5.75 Å². The molecule has 0 bridgehead atoms. The largest absolute Gasteiger partial charge is 0.507 e. The van der Waals surface area contributed by atoms with Crippen LogP contribution in [-0.4, -0.2) is 22.7 Å². The van der Waals surface area contributed by atoms with E-state index in [0.717, 1.165) is 17.7 Å². The van der Waals surface area contributed by atoms with E-state index >= 15 is 0 Å². The summed E-state index contributed by atoms with van der Waals surface area (Å²) in [6, 6.07) is 11.5. The molecule has 1 atom stereocenters. The summed E-state index contributed by atoms with van der Waals surface area (Å²) >= 11 is 0. The fourth-order valence-corrected chi connectivity index (χ4v) is 1.85. The van der Waals surface area contributed by atoms with Crippen LogP contribution in [-0.2, 0) is 0 Å². The van der Waals surface area contributed by atoms with Gasteiger partial charge in [-0.3, -0.25) is 4.79 Å². The number of phenolic OH excluding ortho intramolecular Hbond substituents is 1. The zero-order valence-electron chi connectivity index (χ0n) is 10.6. The fourth-order valence-electron chi connectivity index (χ4n) is 1.85.